The molecule has 0 saturated heterocycles. The number of para-hydroxylation sites is 1. The molecule has 0 aliphatic rings. The van der Waals surface area contributed by atoms with Gasteiger partial charge in [-0.15, -0.1) is 0 Å². The zero-order valence-corrected chi connectivity index (χ0v) is 16.3. The predicted molar refractivity (Wildman–Crippen MR) is 123 cm³/mol. The van der Waals surface area contributed by atoms with Crippen molar-refractivity contribution in [2.45, 2.75) is 4.90 Å². The third kappa shape index (κ3) is 4.03. The quantitative estimate of drug-likeness (QED) is 0.289. The van der Waals surface area contributed by atoms with Crippen LogP contribution in [0.25, 0.3) is 27.2 Å². The smallest absolute Gasteiger partial charge is 0.0455 e. The second-order valence-electron chi connectivity index (χ2n) is 6.58. The molecule has 4 rings (SSSR count). The van der Waals surface area contributed by atoms with Crippen molar-refractivity contribution in [1.82, 2.24) is 0 Å². The first-order valence-corrected chi connectivity index (χ1v) is 10.00. The first kappa shape index (κ1) is 18.1. The second kappa shape index (κ2) is 8.20. The molecule has 4 aromatic rings. The highest BCUT2D eigenvalue weighted by atomic mass is 32.2. The molecule has 0 aliphatic carbocycles. The van der Waals surface area contributed by atoms with Gasteiger partial charge in [0.2, 0.25) is 0 Å². The molecule has 0 unspecified atom stereocenters. The molecule has 136 valence electrons. The van der Waals surface area contributed by atoms with E-state index in [0.29, 0.717) is 0 Å². The van der Waals surface area contributed by atoms with E-state index in [0.717, 1.165) is 21.1 Å². The zero-order chi connectivity index (χ0) is 19.3. The van der Waals surface area contributed by atoms with Crippen LogP contribution in [0.1, 0.15) is 5.56 Å². The third-order valence-corrected chi connectivity index (χ3v) is 5.76. The van der Waals surface area contributed by atoms with Crippen molar-refractivity contribution < 1.29 is 0 Å². The molecule has 0 bridgehead atoms. The average molecular weight is 380 g/mol. The van der Waals surface area contributed by atoms with Crippen LogP contribution in [0.4, 0.5) is 5.69 Å². The number of anilines is 1. The normalized spacial score (nSPS) is 10.6. The summed E-state index contributed by atoms with van der Waals surface area (Å²) in [5.41, 5.74) is 12.8. The summed E-state index contributed by atoms with van der Waals surface area (Å²) in [5, 5.41) is 0. The first-order valence-electron chi connectivity index (χ1n) is 9.18. The van der Waals surface area contributed by atoms with Crippen LogP contribution in [0.15, 0.2) is 115 Å². The Labute approximate surface area is 170 Å². The molecule has 0 heterocycles. The van der Waals surface area contributed by atoms with E-state index in [9.17, 15) is 0 Å². The van der Waals surface area contributed by atoms with Crippen molar-refractivity contribution in [3.63, 3.8) is 0 Å². The Hall–Kier alpha value is -3.23. The lowest BCUT2D eigenvalue weighted by Crippen LogP contribution is -1.88. The Morgan fingerprint density at radius 1 is 0.571 bits per heavy atom. The van der Waals surface area contributed by atoms with E-state index >= 15 is 0 Å². The Bertz CT molecular complexity index is 1080. The van der Waals surface area contributed by atoms with Gasteiger partial charge < -0.3 is 5.73 Å². The molecule has 2 heteroatoms. The summed E-state index contributed by atoms with van der Waals surface area (Å²) < 4.78 is 0. The molecule has 0 atom stereocenters. The summed E-state index contributed by atoms with van der Waals surface area (Å²) in [4.78, 5) is 2.02. The highest BCUT2D eigenvalue weighted by Crippen LogP contribution is 2.36. The highest BCUT2D eigenvalue weighted by Gasteiger charge is 2.06. The Morgan fingerprint density at radius 2 is 1.04 bits per heavy atom. The van der Waals surface area contributed by atoms with Crippen molar-refractivity contribution in [3.8, 4) is 22.3 Å². The third-order valence-electron chi connectivity index (χ3n) is 4.68. The molecule has 0 aliphatic heterocycles. The minimum absolute atomic E-state index is 0.781. The van der Waals surface area contributed by atoms with Crippen LogP contribution >= 0.6 is 11.8 Å². The van der Waals surface area contributed by atoms with E-state index < -0.39 is 0 Å². The SMILES string of the molecule is C=C(Sc1ccccc1N)c1ccc(-c2ccc(-c3ccccc3)cc2)cc1. The fourth-order valence-electron chi connectivity index (χ4n) is 3.10. The summed E-state index contributed by atoms with van der Waals surface area (Å²) in [6.45, 7) is 4.22. The maximum atomic E-state index is 6.04. The number of hydrogen-bond acceptors (Lipinski definition) is 2. The Kier molecular flexibility index (Phi) is 5.31. The molecule has 1 nitrogen and oxygen atoms in total. The van der Waals surface area contributed by atoms with Gasteiger partial charge in [-0.05, 0) is 39.9 Å². The summed E-state index contributed by atoms with van der Waals surface area (Å²) in [7, 11) is 0. The zero-order valence-electron chi connectivity index (χ0n) is 15.5. The predicted octanol–water partition coefficient (Wildman–Crippen LogP) is 7.37. The van der Waals surface area contributed by atoms with E-state index in [-0.39, 0.29) is 0 Å². The monoisotopic (exact) mass is 379 g/mol. The van der Waals surface area contributed by atoms with E-state index in [1.165, 1.54) is 22.3 Å². The Morgan fingerprint density at radius 3 is 1.61 bits per heavy atom. The standard InChI is InChI=1S/C26H21NS/c1-19(28-26-10-6-5-9-25(26)27)20-11-13-23(14-12-20)24-17-15-22(16-18-24)21-7-3-2-4-8-21/h2-18H,1,27H2. The number of thioether (sulfide) groups is 1. The van der Waals surface area contributed by atoms with Gasteiger partial charge in [-0.2, -0.15) is 0 Å². The van der Waals surface area contributed by atoms with Gasteiger partial charge in [0.25, 0.3) is 0 Å². The molecule has 0 aromatic heterocycles. The lowest BCUT2D eigenvalue weighted by molar-refractivity contribution is 1.47. The van der Waals surface area contributed by atoms with E-state index in [2.05, 4.69) is 79.4 Å². The van der Waals surface area contributed by atoms with Crippen LogP contribution in [0, 0.1) is 0 Å². The minimum Gasteiger partial charge on any atom is -0.398 e. The summed E-state index contributed by atoms with van der Waals surface area (Å²) in [6, 6.07) is 35.5. The average Bonchev–Trinajstić information content (AvgIpc) is 2.76. The fraction of sp³-hybridized carbons (Fsp3) is 0. The maximum Gasteiger partial charge on any atom is 0.0455 e. The topological polar surface area (TPSA) is 26.0 Å². The number of benzene rings is 4. The van der Waals surface area contributed by atoms with Gasteiger partial charge in [0.05, 0.1) is 0 Å². The van der Waals surface area contributed by atoms with Crippen LogP contribution in [-0.4, -0.2) is 0 Å². The van der Waals surface area contributed by atoms with Crippen molar-refractivity contribution in [2.24, 2.45) is 0 Å². The first-order chi connectivity index (χ1) is 13.7. The van der Waals surface area contributed by atoms with Crippen LogP contribution in [0.5, 0.6) is 0 Å². The summed E-state index contributed by atoms with van der Waals surface area (Å²) in [5.74, 6) is 0. The summed E-state index contributed by atoms with van der Waals surface area (Å²) in [6.07, 6.45) is 0. The number of nitrogens with two attached hydrogens (primary N) is 1. The molecule has 0 amide bonds. The van der Waals surface area contributed by atoms with Crippen LogP contribution in [0.2, 0.25) is 0 Å². The van der Waals surface area contributed by atoms with Crippen LogP contribution in [-0.2, 0) is 0 Å². The molecule has 28 heavy (non-hydrogen) atoms. The van der Waals surface area contributed by atoms with Crippen molar-refractivity contribution in [1.29, 1.82) is 0 Å². The number of hydrogen-bond donors (Lipinski definition) is 1. The van der Waals surface area contributed by atoms with Gasteiger partial charge in [0.15, 0.2) is 0 Å². The van der Waals surface area contributed by atoms with Gasteiger partial charge >= 0.3 is 0 Å². The molecule has 0 radical (unpaired) electrons. The van der Waals surface area contributed by atoms with Gasteiger partial charge in [-0.25, -0.2) is 0 Å². The number of nitrogen functional groups attached to an aromatic ring is 1. The van der Waals surface area contributed by atoms with E-state index in [4.69, 9.17) is 5.73 Å². The van der Waals surface area contributed by atoms with Crippen LogP contribution < -0.4 is 5.73 Å². The van der Waals surface area contributed by atoms with Crippen molar-refractivity contribution in [3.05, 3.63) is 115 Å². The molecule has 2 N–H and O–H groups in total. The highest BCUT2D eigenvalue weighted by molar-refractivity contribution is 8.08. The molecule has 0 spiro atoms. The lowest BCUT2D eigenvalue weighted by atomic mass is 10.00. The Balaban J connectivity index is 1.50. The van der Waals surface area contributed by atoms with Gasteiger partial charge in [0.1, 0.15) is 0 Å². The number of rotatable bonds is 5. The van der Waals surface area contributed by atoms with E-state index in [1.807, 2.05) is 30.3 Å². The maximum absolute atomic E-state index is 6.04. The minimum atomic E-state index is 0.781. The molecule has 4 aromatic carbocycles. The molecular formula is C26H21NS. The lowest BCUT2D eigenvalue weighted by Gasteiger charge is -2.09. The fourth-order valence-corrected chi connectivity index (χ4v) is 3.95. The van der Waals surface area contributed by atoms with Crippen molar-refractivity contribution in [2.75, 3.05) is 5.73 Å². The largest absolute Gasteiger partial charge is 0.398 e. The molecule has 0 saturated carbocycles. The van der Waals surface area contributed by atoms with Gasteiger partial charge in [-0.3, -0.25) is 0 Å². The van der Waals surface area contributed by atoms with E-state index in [1.54, 1.807) is 11.8 Å². The molecular weight excluding hydrogens is 358 g/mol. The summed E-state index contributed by atoms with van der Waals surface area (Å²) >= 11 is 1.61. The van der Waals surface area contributed by atoms with Gasteiger partial charge in [0, 0.05) is 15.5 Å². The molecule has 0 fully saturated rings. The van der Waals surface area contributed by atoms with Crippen LogP contribution in [0.3, 0.4) is 0 Å². The van der Waals surface area contributed by atoms with Gasteiger partial charge in [-0.1, -0.05) is 109 Å². The van der Waals surface area contributed by atoms with Crippen molar-refractivity contribution >= 4 is 22.4 Å². The second-order valence-corrected chi connectivity index (χ2v) is 7.72.